The Bertz CT molecular complexity index is 1720. The highest BCUT2D eigenvalue weighted by Crippen LogP contribution is 2.34. The molecule has 10 heteroatoms. The number of nitrogens with one attached hydrogen (secondary N) is 1. The van der Waals surface area contributed by atoms with Crippen molar-refractivity contribution in [2.75, 3.05) is 39.7 Å². The molecular formula is C31H34FN5O4. The molecule has 0 saturated carbocycles. The number of anilines is 1. The number of carbonyl (C=O) groups excluding carboxylic acids is 1. The Labute approximate surface area is 237 Å². The zero-order valence-corrected chi connectivity index (χ0v) is 24.1. The molecule has 4 heterocycles. The molecular weight excluding hydrogens is 525 g/mol. The van der Waals surface area contributed by atoms with Crippen molar-refractivity contribution >= 4 is 28.3 Å². The van der Waals surface area contributed by atoms with Crippen molar-refractivity contribution in [3.8, 4) is 11.4 Å². The molecule has 0 aliphatic carbocycles. The number of methoxy groups -OCH3 is 2. The molecule has 1 N–H and O–H groups in total. The first-order chi connectivity index (χ1) is 19.7. The summed E-state index contributed by atoms with van der Waals surface area (Å²) in [6, 6.07) is 8.68. The maximum Gasteiger partial charge on any atom is 0.337 e. The molecule has 5 rings (SSSR count). The van der Waals surface area contributed by atoms with Crippen molar-refractivity contribution in [1.29, 1.82) is 0 Å². The van der Waals surface area contributed by atoms with Crippen LogP contribution >= 0.6 is 0 Å². The minimum atomic E-state index is -0.553. The van der Waals surface area contributed by atoms with E-state index in [2.05, 4.69) is 38.8 Å². The fourth-order valence-corrected chi connectivity index (χ4v) is 5.77. The Balaban J connectivity index is 1.45. The molecule has 1 aliphatic rings. The maximum absolute atomic E-state index is 15.1. The van der Waals surface area contributed by atoms with Gasteiger partial charge in [-0.1, -0.05) is 6.08 Å². The summed E-state index contributed by atoms with van der Waals surface area (Å²) in [5.41, 5.74) is 5.29. The number of ether oxygens (including phenoxy) is 2. The number of rotatable bonds is 7. The van der Waals surface area contributed by atoms with Gasteiger partial charge in [0.25, 0.3) is 5.56 Å². The zero-order chi connectivity index (χ0) is 29.4. The number of benzene rings is 1. The van der Waals surface area contributed by atoms with Gasteiger partial charge in [-0.05, 0) is 61.7 Å². The second kappa shape index (κ2) is 11.2. The molecule has 0 bridgehead atoms. The minimum Gasteiger partial charge on any atom is -0.490 e. The molecule has 4 aromatic rings. The SMILES string of the molecule is CNc1ccn(-c2ccnc3c2cc([C@H](C)N2CC=C(c4c(C)cc(C(=O)OC)cc4F)CC2)n3C)c(=O)c1OC. The predicted molar refractivity (Wildman–Crippen MR) is 157 cm³/mol. The van der Waals surface area contributed by atoms with E-state index in [-0.39, 0.29) is 22.9 Å². The molecule has 0 saturated heterocycles. The summed E-state index contributed by atoms with van der Waals surface area (Å²) in [4.78, 5) is 32.1. The second-order valence-electron chi connectivity index (χ2n) is 10.2. The predicted octanol–water partition coefficient (Wildman–Crippen LogP) is 4.86. The largest absolute Gasteiger partial charge is 0.490 e. The van der Waals surface area contributed by atoms with Crippen LogP contribution in [0.25, 0.3) is 22.3 Å². The highest BCUT2D eigenvalue weighted by Gasteiger charge is 2.25. The summed E-state index contributed by atoms with van der Waals surface area (Å²) in [7, 11) is 6.49. The molecule has 0 fully saturated rings. The highest BCUT2D eigenvalue weighted by molar-refractivity contribution is 5.90. The first-order valence-electron chi connectivity index (χ1n) is 13.4. The molecule has 0 radical (unpaired) electrons. The molecule has 3 aromatic heterocycles. The van der Waals surface area contributed by atoms with Crippen LogP contribution in [0.3, 0.4) is 0 Å². The summed E-state index contributed by atoms with van der Waals surface area (Å²) in [6.45, 7) is 5.32. The topological polar surface area (TPSA) is 90.6 Å². The normalized spacial score (nSPS) is 14.6. The highest BCUT2D eigenvalue weighted by atomic mass is 19.1. The van der Waals surface area contributed by atoms with Gasteiger partial charge >= 0.3 is 5.97 Å². The van der Waals surface area contributed by atoms with E-state index in [9.17, 15) is 9.59 Å². The Morgan fingerprint density at radius 2 is 1.98 bits per heavy atom. The number of nitrogens with zero attached hydrogens (tertiary/aromatic N) is 4. The van der Waals surface area contributed by atoms with Crippen LogP contribution in [0.4, 0.5) is 10.1 Å². The van der Waals surface area contributed by atoms with E-state index in [1.165, 1.54) is 20.3 Å². The molecule has 41 heavy (non-hydrogen) atoms. The van der Waals surface area contributed by atoms with E-state index in [0.717, 1.165) is 34.5 Å². The first kappa shape index (κ1) is 28.1. The second-order valence-corrected chi connectivity index (χ2v) is 10.2. The van der Waals surface area contributed by atoms with Gasteiger partial charge in [-0.15, -0.1) is 0 Å². The fourth-order valence-electron chi connectivity index (χ4n) is 5.77. The maximum atomic E-state index is 15.1. The average Bonchev–Trinajstić information content (AvgIpc) is 3.32. The van der Waals surface area contributed by atoms with Crippen LogP contribution in [0.15, 0.2) is 53.6 Å². The zero-order valence-electron chi connectivity index (χ0n) is 24.1. The average molecular weight is 560 g/mol. The molecule has 0 spiro atoms. The lowest BCUT2D eigenvalue weighted by Crippen LogP contribution is -2.32. The van der Waals surface area contributed by atoms with E-state index in [1.54, 1.807) is 30.1 Å². The number of hydrogen-bond acceptors (Lipinski definition) is 7. The summed E-state index contributed by atoms with van der Waals surface area (Å²) in [6.07, 6.45) is 6.16. The van der Waals surface area contributed by atoms with E-state index < -0.39 is 11.8 Å². The van der Waals surface area contributed by atoms with Gasteiger partial charge in [0.1, 0.15) is 11.5 Å². The number of halogens is 1. The Morgan fingerprint density at radius 1 is 1.20 bits per heavy atom. The molecule has 1 aromatic carbocycles. The molecule has 1 atom stereocenters. The fraction of sp³-hybridized carbons (Fsp3) is 0.323. The third-order valence-electron chi connectivity index (χ3n) is 7.97. The monoisotopic (exact) mass is 559 g/mol. The van der Waals surface area contributed by atoms with Crippen LogP contribution in [0.1, 0.15) is 46.6 Å². The van der Waals surface area contributed by atoms with Crippen molar-refractivity contribution in [3.63, 3.8) is 0 Å². The number of aromatic nitrogens is 3. The van der Waals surface area contributed by atoms with Crippen molar-refractivity contribution in [3.05, 3.63) is 87.4 Å². The van der Waals surface area contributed by atoms with Gasteiger partial charge in [0, 0.05) is 62.3 Å². The number of carbonyl (C=O) groups is 1. The molecule has 0 amide bonds. The lowest BCUT2D eigenvalue weighted by Gasteiger charge is -2.32. The van der Waals surface area contributed by atoms with Gasteiger partial charge < -0.3 is 19.4 Å². The van der Waals surface area contributed by atoms with Crippen LogP contribution in [-0.4, -0.2) is 59.3 Å². The van der Waals surface area contributed by atoms with Crippen LogP contribution in [0.5, 0.6) is 5.75 Å². The standard InChI is InChI=1S/C31H34FN5O4/c1-18-15-21(31(39)41-6)16-23(32)27(18)20-8-12-36(13-9-20)19(2)26-17-22-25(7-11-34-29(22)35(26)4)37-14-10-24(33-3)28(40-5)30(37)38/h7-8,10-11,14-17,19,33H,9,12-13H2,1-6H3/t19-/m0/s1. The van der Waals surface area contributed by atoms with Crippen molar-refractivity contribution in [2.45, 2.75) is 26.3 Å². The first-order valence-corrected chi connectivity index (χ1v) is 13.4. The van der Waals surface area contributed by atoms with Gasteiger partial charge in [-0.3, -0.25) is 14.3 Å². The van der Waals surface area contributed by atoms with Crippen molar-refractivity contribution < 1.29 is 18.7 Å². The molecule has 1 aliphatic heterocycles. The van der Waals surface area contributed by atoms with Crippen LogP contribution in [0.2, 0.25) is 0 Å². The summed E-state index contributed by atoms with van der Waals surface area (Å²) in [5, 5.41) is 3.85. The van der Waals surface area contributed by atoms with E-state index in [1.807, 2.05) is 26.1 Å². The number of esters is 1. The Hall–Kier alpha value is -4.44. The van der Waals surface area contributed by atoms with Gasteiger partial charge in [0.15, 0.2) is 0 Å². The minimum absolute atomic E-state index is 0.0328. The number of fused-ring (bicyclic) bond motifs is 1. The molecule has 0 unspecified atom stereocenters. The van der Waals surface area contributed by atoms with Gasteiger partial charge in [-0.2, -0.15) is 0 Å². The van der Waals surface area contributed by atoms with Crippen molar-refractivity contribution in [1.82, 2.24) is 19.0 Å². The molecule has 9 nitrogen and oxygen atoms in total. The van der Waals surface area contributed by atoms with Gasteiger partial charge in [0.05, 0.1) is 31.2 Å². The lowest BCUT2D eigenvalue weighted by atomic mass is 9.93. The Morgan fingerprint density at radius 3 is 2.61 bits per heavy atom. The third-order valence-corrected chi connectivity index (χ3v) is 7.97. The van der Waals surface area contributed by atoms with Gasteiger partial charge in [-0.25, -0.2) is 14.2 Å². The van der Waals surface area contributed by atoms with Crippen LogP contribution in [0, 0.1) is 12.7 Å². The van der Waals surface area contributed by atoms with E-state index in [0.29, 0.717) is 29.8 Å². The number of aryl methyl sites for hydroxylation is 2. The van der Waals surface area contributed by atoms with Gasteiger partial charge in [0.2, 0.25) is 5.75 Å². The lowest BCUT2D eigenvalue weighted by molar-refractivity contribution is 0.0600. The van der Waals surface area contributed by atoms with Crippen LogP contribution < -0.4 is 15.6 Å². The smallest absolute Gasteiger partial charge is 0.337 e. The quantitative estimate of drug-likeness (QED) is 0.324. The van der Waals surface area contributed by atoms with E-state index in [4.69, 9.17) is 9.47 Å². The number of hydrogen-bond donors (Lipinski definition) is 1. The summed E-state index contributed by atoms with van der Waals surface area (Å²) >= 11 is 0. The van der Waals surface area contributed by atoms with Crippen LogP contribution in [-0.2, 0) is 11.8 Å². The number of pyridine rings is 2. The summed E-state index contributed by atoms with van der Waals surface area (Å²) < 4.78 is 28.8. The van der Waals surface area contributed by atoms with E-state index >= 15 is 4.39 Å². The Kier molecular flexibility index (Phi) is 7.68. The van der Waals surface area contributed by atoms with Crippen molar-refractivity contribution in [2.24, 2.45) is 7.05 Å². The third kappa shape index (κ3) is 4.88. The molecule has 214 valence electrons. The summed E-state index contributed by atoms with van der Waals surface area (Å²) in [5.74, 6) is -0.727.